The highest BCUT2D eigenvalue weighted by Crippen LogP contribution is 2.04. The van der Waals surface area contributed by atoms with Gasteiger partial charge in [0.1, 0.15) is 0 Å². The maximum Gasteiger partial charge on any atom is 0.313 e. The summed E-state index contributed by atoms with van der Waals surface area (Å²) in [5.74, 6) is -0.0485. The van der Waals surface area contributed by atoms with Crippen LogP contribution in [0.25, 0.3) is 0 Å². The Kier molecular flexibility index (Phi) is 1.38. The molecule has 1 aromatic rings. The van der Waals surface area contributed by atoms with E-state index in [0.717, 1.165) is 6.20 Å². The Morgan fingerprint density at radius 1 is 1.70 bits per heavy atom. The smallest absolute Gasteiger partial charge is 0.313 e. The van der Waals surface area contributed by atoms with E-state index in [4.69, 9.17) is 10.3 Å². The van der Waals surface area contributed by atoms with Gasteiger partial charge in [0.25, 0.3) is 0 Å². The number of H-pyrrole nitrogens is 1. The van der Waals surface area contributed by atoms with Crippen molar-refractivity contribution < 1.29 is 13.0 Å². The van der Waals surface area contributed by atoms with E-state index in [1.54, 1.807) is 0 Å². The molecule has 0 amide bonds. The number of imidazole rings is 1. The summed E-state index contributed by atoms with van der Waals surface area (Å²) in [5.41, 5.74) is 5.03. The van der Waals surface area contributed by atoms with E-state index in [2.05, 4.69) is 9.97 Å². The highest BCUT2D eigenvalue weighted by molar-refractivity contribution is 7.85. The van der Waals surface area contributed by atoms with Crippen molar-refractivity contribution in [2.24, 2.45) is 0 Å². The molecule has 6 nitrogen and oxygen atoms in total. The summed E-state index contributed by atoms with van der Waals surface area (Å²) in [4.78, 5) is 5.57. The van der Waals surface area contributed by atoms with Crippen LogP contribution in [-0.2, 0) is 10.1 Å². The van der Waals surface area contributed by atoms with Gasteiger partial charge in [-0.05, 0) is 0 Å². The number of aromatic amines is 1. The molecule has 7 heteroatoms. The molecule has 1 rings (SSSR count). The van der Waals surface area contributed by atoms with Crippen LogP contribution in [0.1, 0.15) is 0 Å². The highest BCUT2D eigenvalue weighted by atomic mass is 32.2. The molecule has 0 aromatic carbocycles. The standard InChI is InChI=1S/C3H5N3O3S/c4-3-5-1-2(6-3)10(7,8)9/h1H,(H3,4,5,6)(H,7,8,9). The molecule has 0 aliphatic heterocycles. The molecule has 4 N–H and O–H groups in total. The molecule has 1 heterocycles. The van der Waals surface area contributed by atoms with Gasteiger partial charge in [-0.15, -0.1) is 0 Å². The highest BCUT2D eigenvalue weighted by Gasteiger charge is 2.11. The summed E-state index contributed by atoms with van der Waals surface area (Å²) < 4.78 is 28.9. The first-order valence-electron chi connectivity index (χ1n) is 2.28. The largest absolute Gasteiger partial charge is 0.369 e. The van der Waals surface area contributed by atoms with Crippen LogP contribution < -0.4 is 5.73 Å². The van der Waals surface area contributed by atoms with Gasteiger partial charge in [-0.1, -0.05) is 0 Å². The summed E-state index contributed by atoms with van der Waals surface area (Å²) in [6.45, 7) is 0. The first-order chi connectivity index (χ1) is 4.50. The summed E-state index contributed by atoms with van der Waals surface area (Å²) in [6, 6.07) is 0. The molecule has 0 aliphatic rings. The van der Waals surface area contributed by atoms with E-state index >= 15 is 0 Å². The second kappa shape index (κ2) is 1.96. The second-order valence-electron chi connectivity index (χ2n) is 1.60. The third kappa shape index (κ3) is 1.25. The van der Waals surface area contributed by atoms with Gasteiger partial charge in [0.05, 0.1) is 0 Å². The predicted molar refractivity (Wildman–Crippen MR) is 32.8 cm³/mol. The maximum absolute atomic E-state index is 10.3. The van der Waals surface area contributed by atoms with Crippen molar-refractivity contribution in [1.29, 1.82) is 0 Å². The molecule has 0 atom stereocenters. The Hall–Kier alpha value is -1.08. The average molecular weight is 163 g/mol. The topological polar surface area (TPSA) is 109 Å². The second-order valence-corrected chi connectivity index (χ2v) is 2.97. The van der Waals surface area contributed by atoms with Crippen molar-refractivity contribution in [1.82, 2.24) is 9.97 Å². The lowest BCUT2D eigenvalue weighted by molar-refractivity contribution is 0.480. The van der Waals surface area contributed by atoms with E-state index in [1.165, 1.54) is 0 Å². The van der Waals surface area contributed by atoms with Gasteiger partial charge >= 0.3 is 10.1 Å². The SMILES string of the molecule is Nc1nc(S(=O)(=O)O)c[nH]1. The Bertz CT molecular complexity index is 327. The van der Waals surface area contributed by atoms with E-state index in [-0.39, 0.29) is 5.95 Å². The lowest BCUT2D eigenvalue weighted by Crippen LogP contribution is -1.98. The van der Waals surface area contributed by atoms with E-state index in [9.17, 15) is 8.42 Å². The lowest BCUT2D eigenvalue weighted by atomic mass is 11.0. The summed E-state index contributed by atoms with van der Waals surface area (Å²) in [7, 11) is -4.20. The fourth-order valence-corrected chi connectivity index (χ4v) is 0.873. The Labute approximate surface area is 56.8 Å². The molecule has 0 saturated carbocycles. The lowest BCUT2D eigenvalue weighted by Gasteiger charge is -1.84. The normalized spacial score (nSPS) is 11.7. The van der Waals surface area contributed by atoms with Crippen molar-refractivity contribution in [2.75, 3.05) is 5.73 Å². The van der Waals surface area contributed by atoms with E-state index < -0.39 is 15.1 Å². The zero-order valence-corrected chi connectivity index (χ0v) is 5.59. The zero-order valence-electron chi connectivity index (χ0n) is 4.77. The van der Waals surface area contributed by atoms with Crippen LogP contribution in [0.5, 0.6) is 0 Å². The Balaban J connectivity index is 3.21. The van der Waals surface area contributed by atoms with Gasteiger partial charge in [0.15, 0.2) is 5.95 Å². The van der Waals surface area contributed by atoms with E-state index in [0.29, 0.717) is 0 Å². The van der Waals surface area contributed by atoms with Crippen molar-refractivity contribution in [3.05, 3.63) is 6.20 Å². The minimum atomic E-state index is -4.20. The molecule has 1 aromatic heterocycles. The first-order valence-corrected chi connectivity index (χ1v) is 3.72. The molecule has 0 unspecified atom stereocenters. The molecule has 0 spiro atoms. The van der Waals surface area contributed by atoms with Crippen molar-refractivity contribution in [3.8, 4) is 0 Å². The van der Waals surface area contributed by atoms with Crippen LogP contribution in [0.3, 0.4) is 0 Å². The number of nitrogens with zero attached hydrogens (tertiary/aromatic N) is 1. The van der Waals surface area contributed by atoms with Crippen LogP contribution >= 0.6 is 0 Å². The number of hydrogen-bond acceptors (Lipinski definition) is 4. The monoisotopic (exact) mass is 163 g/mol. The molecule has 56 valence electrons. The number of nitrogens with one attached hydrogen (secondary N) is 1. The molecule has 10 heavy (non-hydrogen) atoms. The maximum atomic E-state index is 10.3. The molecule has 0 fully saturated rings. The Morgan fingerprint density at radius 2 is 2.30 bits per heavy atom. The van der Waals surface area contributed by atoms with Gasteiger partial charge < -0.3 is 10.7 Å². The summed E-state index contributed by atoms with van der Waals surface area (Å²) >= 11 is 0. The number of anilines is 1. The van der Waals surface area contributed by atoms with Crippen LogP contribution in [0.4, 0.5) is 5.95 Å². The molecule has 0 radical (unpaired) electrons. The average Bonchev–Trinajstić information content (AvgIpc) is 2.11. The van der Waals surface area contributed by atoms with Crippen LogP contribution in [-0.4, -0.2) is 22.9 Å². The van der Waals surface area contributed by atoms with Crippen LogP contribution in [0, 0.1) is 0 Å². The molecule has 0 bridgehead atoms. The molecule has 0 aliphatic carbocycles. The fourth-order valence-electron chi connectivity index (χ4n) is 0.451. The van der Waals surface area contributed by atoms with Gasteiger partial charge in [0, 0.05) is 6.20 Å². The van der Waals surface area contributed by atoms with Gasteiger partial charge in [-0.25, -0.2) is 0 Å². The first kappa shape index (κ1) is 7.03. The molecule has 0 saturated heterocycles. The third-order valence-electron chi connectivity index (χ3n) is 0.838. The van der Waals surface area contributed by atoms with Crippen molar-refractivity contribution in [2.45, 2.75) is 5.03 Å². The minimum absolute atomic E-state index is 0.0485. The third-order valence-corrected chi connectivity index (χ3v) is 1.58. The number of nitrogens with two attached hydrogens (primary N) is 1. The van der Waals surface area contributed by atoms with Gasteiger partial charge in [-0.3, -0.25) is 4.55 Å². The number of nitrogen functional groups attached to an aromatic ring is 1. The summed E-state index contributed by atoms with van der Waals surface area (Å²) in [6.07, 6.45) is 1.00. The fraction of sp³-hybridized carbons (Fsp3) is 0. The zero-order chi connectivity index (χ0) is 7.78. The van der Waals surface area contributed by atoms with E-state index in [1.807, 2.05) is 0 Å². The number of hydrogen-bond donors (Lipinski definition) is 3. The summed E-state index contributed by atoms with van der Waals surface area (Å²) in [5, 5.41) is -0.468. The molecular weight excluding hydrogens is 158 g/mol. The predicted octanol–water partition coefficient (Wildman–Crippen LogP) is -0.761. The minimum Gasteiger partial charge on any atom is -0.369 e. The van der Waals surface area contributed by atoms with Crippen molar-refractivity contribution in [3.63, 3.8) is 0 Å². The van der Waals surface area contributed by atoms with Gasteiger partial charge in [0.2, 0.25) is 5.03 Å². The Morgan fingerprint density at radius 3 is 2.50 bits per heavy atom. The van der Waals surface area contributed by atoms with Crippen LogP contribution in [0.15, 0.2) is 11.2 Å². The quantitative estimate of drug-likeness (QED) is 0.471. The number of aromatic nitrogens is 2. The van der Waals surface area contributed by atoms with Crippen molar-refractivity contribution >= 4 is 16.1 Å². The van der Waals surface area contributed by atoms with Gasteiger partial charge in [-0.2, -0.15) is 13.4 Å². The molecular formula is C3H5N3O3S. The number of rotatable bonds is 1. The van der Waals surface area contributed by atoms with Crippen LogP contribution in [0.2, 0.25) is 0 Å².